The van der Waals surface area contributed by atoms with E-state index in [9.17, 15) is 10.1 Å². The molecule has 5 rings (SSSR count). The molecule has 0 bridgehead atoms. The van der Waals surface area contributed by atoms with Crippen LogP contribution in [0.3, 0.4) is 0 Å². The molecule has 1 aliphatic heterocycles. The number of hydrogen-bond acceptors (Lipinski definition) is 7. The first-order chi connectivity index (χ1) is 19.4. The minimum absolute atomic E-state index is 0.00162. The molecule has 4 aromatic rings. The number of benzene rings is 4. The van der Waals surface area contributed by atoms with Crippen LogP contribution in [-0.4, -0.2) is 12.6 Å². The van der Waals surface area contributed by atoms with Crippen molar-refractivity contribution in [1.29, 1.82) is 5.26 Å². The van der Waals surface area contributed by atoms with E-state index in [0.717, 1.165) is 21.2 Å². The van der Waals surface area contributed by atoms with Gasteiger partial charge in [-0.05, 0) is 60.5 Å². The Bertz CT molecular complexity index is 1590. The van der Waals surface area contributed by atoms with E-state index >= 15 is 0 Å². The van der Waals surface area contributed by atoms with Crippen LogP contribution in [0.5, 0.6) is 23.0 Å². The summed E-state index contributed by atoms with van der Waals surface area (Å²) >= 11 is 3.36. The first-order valence-corrected chi connectivity index (χ1v) is 13.3. The van der Waals surface area contributed by atoms with Gasteiger partial charge in [-0.3, -0.25) is 0 Å². The average molecular weight is 597 g/mol. The van der Waals surface area contributed by atoms with Crippen molar-refractivity contribution in [3.63, 3.8) is 0 Å². The Morgan fingerprint density at radius 2 is 1.57 bits per heavy atom. The maximum Gasteiger partial charge on any atom is 0.349 e. The summed E-state index contributed by atoms with van der Waals surface area (Å²) < 4.78 is 23.5. The van der Waals surface area contributed by atoms with Crippen molar-refractivity contribution in [3.05, 3.63) is 129 Å². The largest absolute Gasteiger partial charge is 0.489 e. The normalized spacial score (nSPS) is 14.0. The van der Waals surface area contributed by atoms with Crippen molar-refractivity contribution in [3.8, 4) is 29.1 Å². The molecular weight excluding hydrogens is 572 g/mol. The van der Waals surface area contributed by atoms with Gasteiger partial charge >= 0.3 is 5.97 Å². The molecule has 1 atom stereocenters. The molecule has 1 heterocycles. The molecule has 200 valence electrons. The summed E-state index contributed by atoms with van der Waals surface area (Å²) in [7, 11) is 0. The fourth-order valence-electron chi connectivity index (χ4n) is 4.28. The number of allylic oxidation sites excluding steroid dienone is 1. The quantitative estimate of drug-likeness (QED) is 0.182. The van der Waals surface area contributed by atoms with E-state index in [1.165, 1.54) is 5.56 Å². The van der Waals surface area contributed by atoms with Crippen molar-refractivity contribution in [1.82, 2.24) is 0 Å². The number of nitriles is 1. The van der Waals surface area contributed by atoms with Crippen LogP contribution in [0, 0.1) is 18.3 Å². The van der Waals surface area contributed by atoms with Crippen molar-refractivity contribution in [2.24, 2.45) is 5.73 Å². The molecule has 0 fully saturated rings. The molecule has 0 amide bonds. The zero-order valence-electron chi connectivity index (χ0n) is 21.6. The number of hydrogen-bond donors (Lipinski definition) is 1. The lowest BCUT2D eigenvalue weighted by molar-refractivity contribution is -0.136. The highest BCUT2D eigenvalue weighted by atomic mass is 79.9. The summed E-state index contributed by atoms with van der Waals surface area (Å²) in [6.45, 7) is 2.23. The molecule has 7 nitrogen and oxygen atoms in total. The van der Waals surface area contributed by atoms with E-state index in [4.69, 9.17) is 24.7 Å². The number of ether oxygens (including phenoxy) is 4. The number of nitrogens with two attached hydrogens (primary N) is 1. The first kappa shape index (κ1) is 26.9. The van der Waals surface area contributed by atoms with Gasteiger partial charge in [0.15, 0.2) is 6.61 Å². The Morgan fingerprint density at radius 1 is 0.925 bits per heavy atom. The molecule has 0 saturated heterocycles. The Labute approximate surface area is 240 Å². The van der Waals surface area contributed by atoms with Gasteiger partial charge in [-0.25, -0.2) is 4.79 Å². The topological polar surface area (TPSA) is 104 Å². The minimum Gasteiger partial charge on any atom is -0.489 e. The number of halogens is 1. The molecular formula is C32H25BrN2O5. The third-order valence-corrected chi connectivity index (χ3v) is 6.86. The van der Waals surface area contributed by atoms with Crippen LogP contribution in [0.4, 0.5) is 0 Å². The highest BCUT2D eigenvalue weighted by Crippen LogP contribution is 2.43. The Morgan fingerprint density at radius 3 is 2.27 bits per heavy atom. The number of nitrogens with zero attached hydrogens (tertiary/aromatic N) is 1. The summed E-state index contributed by atoms with van der Waals surface area (Å²) in [6, 6.07) is 30.0. The smallest absolute Gasteiger partial charge is 0.349 e. The van der Waals surface area contributed by atoms with E-state index in [0.29, 0.717) is 29.4 Å². The minimum atomic E-state index is -0.572. The Kier molecular flexibility index (Phi) is 8.04. The zero-order chi connectivity index (χ0) is 28.1. The molecule has 1 aliphatic rings. The van der Waals surface area contributed by atoms with E-state index in [1.807, 2.05) is 55.5 Å². The predicted octanol–water partition coefficient (Wildman–Crippen LogP) is 6.54. The molecule has 4 aromatic carbocycles. The van der Waals surface area contributed by atoms with Crippen LogP contribution in [0.1, 0.15) is 28.2 Å². The van der Waals surface area contributed by atoms with Crippen LogP contribution in [0.2, 0.25) is 0 Å². The summed E-state index contributed by atoms with van der Waals surface area (Å²) in [4.78, 5) is 12.4. The molecule has 2 N–H and O–H groups in total. The summed E-state index contributed by atoms with van der Waals surface area (Å²) in [5.41, 5.74) is 10.3. The summed E-state index contributed by atoms with van der Waals surface area (Å²) in [5, 5.41) is 9.87. The maximum atomic E-state index is 12.4. The van der Waals surface area contributed by atoms with E-state index in [2.05, 4.69) is 34.1 Å². The molecule has 0 spiro atoms. The van der Waals surface area contributed by atoms with Crippen LogP contribution in [-0.2, 0) is 11.4 Å². The number of aryl methyl sites for hydroxylation is 1. The maximum absolute atomic E-state index is 12.4. The third kappa shape index (κ3) is 6.28. The van der Waals surface area contributed by atoms with Crippen molar-refractivity contribution in [2.45, 2.75) is 19.4 Å². The summed E-state index contributed by atoms with van der Waals surface area (Å²) in [6.07, 6.45) is 0. The van der Waals surface area contributed by atoms with E-state index < -0.39 is 11.9 Å². The number of carbonyl (C=O) groups excluding carboxylic acids is 1. The van der Waals surface area contributed by atoms with Gasteiger partial charge in [0, 0.05) is 16.1 Å². The van der Waals surface area contributed by atoms with Gasteiger partial charge in [0.1, 0.15) is 41.2 Å². The lowest BCUT2D eigenvalue weighted by Gasteiger charge is -2.26. The van der Waals surface area contributed by atoms with Crippen molar-refractivity contribution >= 4 is 21.9 Å². The monoisotopic (exact) mass is 596 g/mol. The van der Waals surface area contributed by atoms with Gasteiger partial charge in [0.25, 0.3) is 0 Å². The fourth-order valence-corrected chi connectivity index (χ4v) is 4.55. The van der Waals surface area contributed by atoms with Crippen LogP contribution in [0.25, 0.3) is 0 Å². The average Bonchev–Trinajstić information content (AvgIpc) is 2.96. The van der Waals surface area contributed by atoms with Crippen LogP contribution >= 0.6 is 15.9 Å². The molecule has 8 heteroatoms. The molecule has 40 heavy (non-hydrogen) atoms. The molecule has 0 aliphatic carbocycles. The second-order valence-corrected chi connectivity index (χ2v) is 10.1. The first-order valence-electron chi connectivity index (χ1n) is 12.5. The van der Waals surface area contributed by atoms with Gasteiger partial charge in [-0.1, -0.05) is 64.0 Å². The number of carbonyl (C=O) groups is 1. The number of fused-ring (bicyclic) bond motifs is 1. The van der Waals surface area contributed by atoms with Gasteiger partial charge in [-0.15, -0.1) is 0 Å². The Hall–Kier alpha value is -4.74. The number of esters is 1. The summed E-state index contributed by atoms with van der Waals surface area (Å²) in [5.74, 6) is 0.907. The van der Waals surface area contributed by atoms with Crippen LogP contribution in [0.15, 0.2) is 107 Å². The SMILES string of the molecule is Cc1ccc(COc2ccc(C3C(C#N)=C(N)Oc4cc(OC(=O)COc5ccc(Br)cc5)ccc43)cc2)cc1. The fraction of sp³-hybridized carbons (Fsp3) is 0.125. The zero-order valence-corrected chi connectivity index (χ0v) is 23.2. The second kappa shape index (κ2) is 12.0. The standard InChI is InChI=1S/C32H25BrN2O5/c1-20-2-4-21(5-3-20)18-37-24-10-6-22(7-11-24)31-27-15-14-26(16-29(27)40-32(35)28(31)17-34)39-30(36)19-38-25-12-8-23(33)9-13-25/h2-16,31H,18-19,35H2,1H3. The van der Waals surface area contributed by atoms with Gasteiger partial charge in [0.05, 0.1) is 5.92 Å². The van der Waals surface area contributed by atoms with Crippen LogP contribution < -0.4 is 24.7 Å². The van der Waals surface area contributed by atoms with Gasteiger partial charge in [-0.2, -0.15) is 5.26 Å². The highest BCUT2D eigenvalue weighted by molar-refractivity contribution is 9.10. The molecule has 1 unspecified atom stereocenters. The van der Waals surface area contributed by atoms with Gasteiger partial charge < -0.3 is 24.7 Å². The third-order valence-electron chi connectivity index (χ3n) is 6.33. The number of rotatable bonds is 8. The van der Waals surface area contributed by atoms with E-state index in [1.54, 1.807) is 30.3 Å². The molecule has 0 aromatic heterocycles. The van der Waals surface area contributed by atoms with E-state index in [-0.39, 0.29) is 18.2 Å². The van der Waals surface area contributed by atoms with Crippen molar-refractivity contribution < 1.29 is 23.7 Å². The molecule has 0 saturated carbocycles. The highest BCUT2D eigenvalue weighted by Gasteiger charge is 2.31. The lowest BCUT2D eigenvalue weighted by atomic mass is 9.83. The van der Waals surface area contributed by atoms with Crippen molar-refractivity contribution in [2.75, 3.05) is 6.61 Å². The molecule has 0 radical (unpaired) electrons. The van der Waals surface area contributed by atoms with Gasteiger partial charge in [0.2, 0.25) is 5.88 Å². The second-order valence-electron chi connectivity index (χ2n) is 9.18. The lowest BCUT2D eigenvalue weighted by Crippen LogP contribution is -2.21. The predicted molar refractivity (Wildman–Crippen MR) is 153 cm³/mol. The Balaban J connectivity index is 1.29.